The van der Waals surface area contributed by atoms with Crippen molar-refractivity contribution in [3.8, 4) is 0 Å². The summed E-state index contributed by atoms with van der Waals surface area (Å²) in [6, 6.07) is 1.46. The SMILES string of the molecule is CC12CC3CC(C)(C1)CC(C(O)c1cncc(F)c1)(C3)C2. The molecule has 114 valence electrons. The molecule has 4 aliphatic carbocycles. The number of aliphatic hydroxyl groups excluding tert-OH is 1. The van der Waals surface area contributed by atoms with Crippen LogP contribution in [0.1, 0.15) is 64.0 Å². The molecule has 0 saturated heterocycles. The molecule has 1 aromatic rings. The van der Waals surface area contributed by atoms with E-state index in [-0.39, 0.29) is 11.2 Å². The molecule has 4 fully saturated rings. The van der Waals surface area contributed by atoms with E-state index in [1.807, 2.05) is 0 Å². The second-order valence-electron chi connectivity index (χ2n) is 8.83. The fourth-order valence-corrected chi connectivity index (χ4v) is 6.77. The molecule has 0 amide bonds. The van der Waals surface area contributed by atoms with Gasteiger partial charge in [0.05, 0.1) is 12.3 Å². The van der Waals surface area contributed by atoms with E-state index in [1.54, 1.807) is 6.20 Å². The van der Waals surface area contributed by atoms with Gasteiger partial charge in [0.1, 0.15) is 5.82 Å². The molecule has 1 N–H and O–H groups in total. The number of aliphatic hydroxyl groups is 1. The van der Waals surface area contributed by atoms with E-state index in [4.69, 9.17) is 0 Å². The molecule has 0 radical (unpaired) electrons. The van der Waals surface area contributed by atoms with Crippen LogP contribution in [0.3, 0.4) is 0 Å². The minimum atomic E-state index is -0.581. The molecule has 3 unspecified atom stereocenters. The standard InChI is InChI=1S/C18H24FNO/c1-16-4-12-5-17(2,9-16)11-18(6-12,10-16)15(21)13-3-14(19)8-20-7-13/h3,7-8,12,15,21H,4-6,9-11H2,1-2H3. The van der Waals surface area contributed by atoms with Gasteiger partial charge in [0.15, 0.2) is 0 Å². The maximum absolute atomic E-state index is 13.5. The Hall–Kier alpha value is -0.960. The first-order valence-corrected chi connectivity index (χ1v) is 8.10. The topological polar surface area (TPSA) is 33.1 Å². The molecule has 1 aromatic heterocycles. The van der Waals surface area contributed by atoms with Gasteiger partial charge in [-0.25, -0.2) is 4.39 Å². The highest BCUT2D eigenvalue weighted by molar-refractivity contribution is 5.21. The van der Waals surface area contributed by atoms with Gasteiger partial charge in [-0.3, -0.25) is 4.98 Å². The van der Waals surface area contributed by atoms with E-state index >= 15 is 0 Å². The van der Waals surface area contributed by atoms with Gasteiger partial charge in [0.2, 0.25) is 0 Å². The van der Waals surface area contributed by atoms with Crippen molar-refractivity contribution in [2.75, 3.05) is 0 Å². The average molecular weight is 289 g/mol. The Kier molecular flexibility index (Phi) is 2.65. The molecule has 0 aromatic carbocycles. The second-order valence-corrected chi connectivity index (χ2v) is 8.83. The molecular formula is C18H24FNO. The Morgan fingerprint density at radius 3 is 2.38 bits per heavy atom. The van der Waals surface area contributed by atoms with E-state index in [0.717, 1.165) is 25.2 Å². The lowest BCUT2D eigenvalue weighted by molar-refractivity contribution is -0.187. The molecule has 21 heavy (non-hydrogen) atoms. The molecule has 4 bridgehead atoms. The van der Waals surface area contributed by atoms with E-state index in [9.17, 15) is 9.50 Å². The second kappa shape index (κ2) is 4.07. The Balaban J connectivity index is 1.74. The lowest BCUT2D eigenvalue weighted by Gasteiger charge is -2.66. The van der Waals surface area contributed by atoms with Crippen molar-refractivity contribution in [2.45, 2.75) is 58.5 Å². The summed E-state index contributed by atoms with van der Waals surface area (Å²) in [5.74, 6) is 0.376. The van der Waals surface area contributed by atoms with Crippen LogP contribution in [0.4, 0.5) is 4.39 Å². The number of halogens is 1. The fraction of sp³-hybridized carbons (Fsp3) is 0.722. The summed E-state index contributed by atoms with van der Waals surface area (Å²) in [4.78, 5) is 3.93. The molecule has 4 saturated carbocycles. The number of aromatic nitrogens is 1. The molecule has 2 nitrogen and oxygen atoms in total. The highest BCUT2D eigenvalue weighted by atomic mass is 19.1. The third-order valence-corrected chi connectivity index (χ3v) is 6.29. The summed E-state index contributed by atoms with van der Waals surface area (Å²) >= 11 is 0. The zero-order chi connectivity index (χ0) is 14.9. The van der Waals surface area contributed by atoms with Crippen LogP contribution in [0.15, 0.2) is 18.5 Å². The van der Waals surface area contributed by atoms with Crippen LogP contribution in [0, 0.1) is 28.0 Å². The number of hydrogen-bond acceptors (Lipinski definition) is 2. The summed E-state index contributed by atoms with van der Waals surface area (Å²) in [5, 5.41) is 11.0. The first-order chi connectivity index (χ1) is 9.82. The van der Waals surface area contributed by atoms with Gasteiger partial charge >= 0.3 is 0 Å². The predicted octanol–water partition coefficient (Wildman–Crippen LogP) is 4.25. The monoisotopic (exact) mass is 289 g/mol. The summed E-state index contributed by atoms with van der Waals surface area (Å²) < 4.78 is 13.5. The molecule has 0 spiro atoms. The van der Waals surface area contributed by atoms with Crippen molar-refractivity contribution in [3.63, 3.8) is 0 Å². The van der Waals surface area contributed by atoms with Gasteiger partial charge in [-0.2, -0.15) is 0 Å². The number of hydrogen-bond donors (Lipinski definition) is 1. The van der Waals surface area contributed by atoms with Crippen LogP contribution in [-0.4, -0.2) is 10.1 Å². The normalized spacial score (nSPS) is 45.8. The molecule has 3 heteroatoms. The van der Waals surface area contributed by atoms with Crippen molar-refractivity contribution < 1.29 is 9.50 Å². The first kappa shape index (κ1) is 13.7. The maximum atomic E-state index is 13.5. The number of rotatable bonds is 2. The van der Waals surface area contributed by atoms with E-state index in [1.165, 1.54) is 31.5 Å². The van der Waals surface area contributed by atoms with E-state index in [2.05, 4.69) is 18.8 Å². The highest BCUT2D eigenvalue weighted by Crippen LogP contribution is 2.72. The lowest BCUT2D eigenvalue weighted by Crippen LogP contribution is -2.56. The Morgan fingerprint density at radius 2 is 1.81 bits per heavy atom. The van der Waals surface area contributed by atoms with E-state index < -0.39 is 6.10 Å². The Labute approximate surface area is 125 Å². The summed E-state index contributed by atoms with van der Waals surface area (Å²) in [6.45, 7) is 4.78. The molecule has 5 rings (SSSR count). The minimum Gasteiger partial charge on any atom is -0.388 e. The number of nitrogens with zero attached hydrogens (tertiary/aromatic N) is 1. The zero-order valence-electron chi connectivity index (χ0n) is 12.9. The zero-order valence-corrected chi connectivity index (χ0v) is 12.9. The maximum Gasteiger partial charge on any atom is 0.141 e. The van der Waals surface area contributed by atoms with Crippen molar-refractivity contribution in [2.24, 2.45) is 22.2 Å². The summed E-state index contributed by atoms with van der Waals surface area (Å²) in [7, 11) is 0. The third kappa shape index (κ3) is 2.04. The van der Waals surface area contributed by atoms with Gasteiger partial charge in [-0.05, 0) is 61.3 Å². The van der Waals surface area contributed by atoms with Crippen molar-refractivity contribution in [3.05, 3.63) is 29.8 Å². The summed E-state index contributed by atoms with van der Waals surface area (Å²) in [6.07, 6.45) is 9.39. The van der Waals surface area contributed by atoms with Gasteiger partial charge in [-0.1, -0.05) is 13.8 Å². The van der Waals surface area contributed by atoms with Gasteiger partial charge in [-0.15, -0.1) is 0 Å². The Bertz CT molecular complexity index is 568. The van der Waals surface area contributed by atoms with Crippen LogP contribution in [0.5, 0.6) is 0 Å². The first-order valence-electron chi connectivity index (χ1n) is 8.10. The molecule has 0 aliphatic heterocycles. The van der Waals surface area contributed by atoms with Gasteiger partial charge in [0.25, 0.3) is 0 Å². The molecule has 1 heterocycles. The van der Waals surface area contributed by atoms with Gasteiger partial charge in [0, 0.05) is 17.2 Å². The highest BCUT2D eigenvalue weighted by Gasteiger charge is 2.62. The predicted molar refractivity (Wildman–Crippen MR) is 79.0 cm³/mol. The Morgan fingerprint density at radius 1 is 1.14 bits per heavy atom. The summed E-state index contributed by atoms with van der Waals surface area (Å²) in [5.41, 5.74) is 1.30. The molecule has 3 atom stereocenters. The van der Waals surface area contributed by atoms with E-state index in [0.29, 0.717) is 16.4 Å². The van der Waals surface area contributed by atoms with Crippen molar-refractivity contribution >= 4 is 0 Å². The van der Waals surface area contributed by atoms with Crippen molar-refractivity contribution in [1.82, 2.24) is 4.98 Å². The van der Waals surface area contributed by atoms with Crippen LogP contribution >= 0.6 is 0 Å². The van der Waals surface area contributed by atoms with Crippen molar-refractivity contribution in [1.29, 1.82) is 0 Å². The largest absolute Gasteiger partial charge is 0.388 e. The smallest absolute Gasteiger partial charge is 0.141 e. The quantitative estimate of drug-likeness (QED) is 0.883. The van der Waals surface area contributed by atoms with Crippen LogP contribution in [0.25, 0.3) is 0 Å². The molecular weight excluding hydrogens is 265 g/mol. The fourth-order valence-electron chi connectivity index (χ4n) is 6.77. The third-order valence-electron chi connectivity index (χ3n) is 6.29. The van der Waals surface area contributed by atoms with Gasteiger partial charge < -0.3 is 5.11 Å². The van der Waals surface area contributed by atoms with Crippen LogP contribution < -0.4 is 0 Å². The molecule has 4 aliphatic rings. The number of pyridine rings is 1. The minimum absolute atomic E-state index is 0.0710. The van der Waals surface area contributed by atoms with Crippen LogP contribution in [-0.2, 0) is 0 Å². The average Bonchev–Trinajstić information content (AvgIpc) is 2.33. The lowest BCUT2D eigenvalue weighted by atomic mass is 9.39. The van der Waals surface area contributed by atoms with Crippen LogP contribution in [0.2, 0.25) is 0 Å².